The van der Waals surface area contributed by atoms with Crippen molar-refractivity contribution in [2.45, 2.75) is 64.2 Å². The number of imidazole rings is 1. The molecular formula is C24H34N6O5. The summed E-state index contributed by atoms with van der Waals surface area (Å²) in [5, 5.41) is 16.8. The third-order valence-electron chi connectivity index (χ3n) is 5.32. The molecule has 0 aliphatic heterocycles. The number of carbonyl (C=O) groups excluding carboxylic acids is 3. The maximum Gasteiger partial charge on any atom is 0.325 e. The van der Waals surface area contributed by atoms with Crippen molar-refractivity contribution in [1.82, 2.24) is 25.9 Å². The van der Waals surface area contributed by atoms with Crippen LogP contribution in [0.2, 0.25) is 0 Å². The van der Waals surface area contributed by atoms with Gasteiger partial charge in [0.2, 0.25) is 17.7 Å². The standard InChI is InChI=1S/C24H34N6O5/c1-14(2)9-19(29-21(31)18(25)10-16-7-5-4-6-8-16)23(33)30-20(11-17-12-26-13-27-17)22(32)28-15(3)24(34)35/h4-8,12-15,18-20H,9-11,25H2,1-3H3,(H,26,27)(H,28,32)(H,29,31)(H,30,33)(H,34,35). The first-order valence-corrected chi connectivity index (χ1v) is 11.5. The summed E-state index contributed by atoms with van der Waals surface area (Å²) < 4.78 is 0. The molecule has 0 aliphatic rings. The van der Waals surface area contributed by atoms with Crippen molar-refractivity contribution in [3.8, 4) is 0 Å². The molecule has 11 heteroatoms. The van der Waals surface area contributed by atoms with Gasteiger partial charge in [-0.1, -0.05) is 44.2 Å². The van der Waals surface area contributed by atoms with Crippen LogP contribution >= 0.6 is 0 Å². The van der Waals surface area contributed by atoms with E-state index in [4.69, 9.17) is 10.8 Å². The van der Waals surface area contributed by atoms with Crippen molar-refractivity contribution < 1.29 is 24.3 Å². The first kappa shape index (κ1) is 27.5. The molecule has 4 atom stereocenters. The van der Waals surface area contributed by atoms with Crippen molar-refractivity contribution in [3.05, 3.63) is 54.1 Å². The normalized spacial score (nSPS) is 14.4. The van der Waals surface area contributed by atoms with Crippen LogP contribution in [0.5, 0.6) is 0 Å². The molecule has 1 heterocycles. The lowest BCUT2D eigenvalue weighted by Crippen LogP contribution is -2.57. The number of H-pyrrole nitrogens is 1. The molecule has 0 saturated heterocycles. The summed E-state index contributed by atoms with van der Waals surface area (Å²) in [5.74, 6) is -2.87. The number of aromatic amines is 1. The summed E-state index contributed by atoms with van der Waals surface area (Å²) in [6.07, 6.45) is 3.62. The van der Waals surface area contributed by atoms with Crippen molar-refractivity contribution in [2.24, 2.45) is 11.7 Å². The fourth-order valence-electron chi connectivity index (χ4n) is 3.42. The Labute approximate surface area is 204 Å². The fourth-order valence-corrected chi connectivity index (χ4v) is 3.42. The quantitative estimate of drug-likeness (QED) is 0.233. The third-order valence-corrected chi connectivity index (χ3v) is 5.32. The first-order chi connectivity index (χ1) is 16.6. The molecule has 3 amide bonds. The van der Waals surface area contributed by atoms with E-state index in [1.165, 1.54) is 19.4 Å². The molecule has 1 aromatic carbocycles. The minimum absolute atomic E-state index is 0.0553. The minimum Gasteiger partial charge on any atom is -0.480 e. The van der Waals surface area contributed by atoms with Gasteiger partial charge in [0.15, 0.2) is 0 Å². The van der Waals surface area contributed by atoms with Gasteiger partial charge in [-0.15, -0.1) is 0 Å². The number of rotatable bonds is 13. The van der Waals surface area contributed by atoms with E-state index in [2.05, 4.69) is 25.9 Å². The summed E-state index contributed by atoms with van der Waals surface area (Å²) in [4.78, 5) is 56.6. The number of amides is 3. The molecule has 0 radical (unpaired) electrons. The minimum atomic E-state index is -1.21. The Morgan fingerprint density at radius 2 is 1.57 bits per heavy atom. The highest BCUT2D eigenvalue weighted by Crippen LogP contribution is 2.09. The van der Waals surface area contributed by atoms with E-state index in [1.807, 2.05) is 44.2 Å². The van der Waals surface area contributed by atoms with E-state index >= 15 is 0 Å². The second kappa shape index (κ2) is 13.2. The highest BCUT2D eigenvalue weighted by Gasteiger charge is 2.30. The number of nitrogens with zero attached hydrogens (tertiary/aromatic N) is 1. The van der Waals surface area contributed by atoms with E-state index in [1.54, 1.807) is 0 Å². The summed E-state index contributed by atoms with van der Waals surface area (Å²) in [6, 6.07) is 5.27. The fraction of sp³-hybridized carbons (Fsp3) is 0.458. The molecule has 0 fully saturated rings. The Hall–Kier alpha value is -3.73. The Kier molecular flexibility index (Phi) is 10.4. The van der Waals surface area contributed by atoms with Gasteiger partial charge in [-0.05, 0) is 31.2 Å². The van der Waals surface area contributed by atoms with E-state index in [9.17, 15) is 19.2 Å². The van der Waals surface area contributed by atoms with Crippen LogP contribution < -0.4 is 21.7 Å². The molecule has 190 valence electrons. The molecule has 1 aromatic heterocycles. The first-order valence-electron chi connectivity index (χ1n) is 11.5. The van der Waals surface area contributed by atoms with E-state index in [0.29, 0.717) is 18.5 Å². The predicted octanol–water partition coefficient (Wildman–Crippen LogP) is 0.127. The summed E-state index contributed by atoms with van der Waals surface area (Å²) >= 11 is 0. The molecule has 35 heavy (non-hydrogen) atoms. The van der Waals surface area contributed by atoms with E-state index in [-0.39, 0.29) is 12.3 Å². The van der Waals surface area contributed by atoms with Gasteiger partial charge >= 0.3 is 5.97 Å². The van der Waals surface area contributed by atoms with Crippen LogP contribution in [0.3, 0.4) is 0 Å². The molecule has 2 aromatic rings. The summed E-state index contributed by atoms with van der Waals surface area (Å²) in [6.45, 7) is 5.13. The molecule has 0 bridgehead atoms. The van der Waals surface area contributed by atoms with Crippen LogP contribution in [0.25, 0.3) is 0 Å². The Morgan fingerprint density at radius 1 is 0.943 bits per heavy atom. The maximum atomic E-state index is 13.2. The van der Waals surface area contributed by atoms with Crippen LogP contribution in [0.1, 0.15) is 38.4 Å². The van der Waals surface area contributed by atoms with Crippen molar-refractivity contribution in [3.63, 3.8) is 0 Å². The molecule has 0 saturated carbocycles. The molecule has 2 rings (SSSR count). The molecule has 0 spiro atoms. The third kappa shape index (κ3) is 9.20. The second-order valence-electron chi connectivity index (χ2n) is 8.90. The smallest absolute Gasteiger partial charge is 0.325 e. The van der Waals surface area contributed by atoms with Gasteiger partial charge in [0.1, 0.15) is 18.1 Å². The number of aliphatic carboxylic acids is 1. The molecule has 11 nitrogen and oxygen atoms in total. The van der Waals surface area contributed by atoms with E-state index < -0.39 is 47.9 Å². The number of benzene rings is 1. The van der Waals surface area contributed by atoms with Crippen molar-refractivity contribution in [2.75, 3.05) is 0 Å². The SMILES string of the molecule is CC(C)CC(NC(=O)C(N)Cc1ccccc1)C(=O)NC(Cc1cnc[nH]1)C(=O)NC(C)C(=O)O. The van der Waals surface area contributed by atoms with Gasteiger partial charge in [0, 0.05) is 18.3 Å². The van der Waals surface area contributed by atoms with Gasteiger partial charge in [-0.2, -0.15) is 0 Å². The molecular weight excluding hydrogens is 452 g/mol. The number of nitrogens with two attached hydrogens (primary N) is 1. The number of carboxylic acids is 1. The predicted molar refractivity (Wildman–Crippen MR) is 129 cm³/mol. The number of hydrogen-bond donors (Lipinski definition) is 6. The van der Waals surface area contributed by atoms with Crippen molar-refractivity contribution in [1.29, 1.82) is 0 Å². The topological polar surface area (TPSA) is 179 Å². The number of carbonyl (C=O) groups is 4. The lowest BCUT2D eigenvalue weighted by atomic mass is 10.0. The highest BCUT2D eigenvalue weighted by molar-refractivity contribution is 5.94. The molecule has 4 unspecified atom stereocenters. The monoisotopic (exact) mass is 486 g/mol. The lowest BCUT2D eigenvalue weighted by molar-refractivity contribution is -0.141. The second-order valence-corrected chi connectivity index (χ2v) is 8.90. The van der Waals surface area contributed by atoms with Gasteiger partial charge in [0.05, 0.1) is 12.4 Å². The van der Waals surface area contributed by atoms with Crippen LogP contribution in [0.15, 0.2) is 42.9 Å². The van der Waals surface area contributed by atoms with Gasteiger partial charge in [0.25, 0.3) is 0 Å². The Bertz CT molecular complexity index is 980. The number of carboxylic acid groups (broad SMARTS) is 1. The van der Waals surface area contributed by atoms with E-state index in [0.717, 1.165) is 5.56 Å². The van der Waals surface area contributed by atoms with Crippen molar-refractivity contribution >= 4 is 23.7 Å². The summed E-state index contributed by atoms with van der Waals surface area (Å²) in [5.41, 5.74) is 7.54. The zero-order valence-corrected chi connectivity index (χ0v) is 20.2. The van der Waals surface area contributed by atoms with Crippen LogP contribution in [0.4, 0.5) is 0 Å². The number of nitrogens with one attached hydrogen (secondary N) is 4. The van der Waals surface area contributed by atoms with Crippen LogP contribution in [-0.4, -0.2) is 62.9 Å². The number of hydrogen-bond acceptors (Lipinski definition) is 6. The zero-order valence-electron chi connectivity index (χ0n) is 20.2. The van der Waals surface area contributed by atoms with Gasteiger partial charge in [-0.3, -0.25) is 19.2 Å². The lowest BCUT2D eigenvalue weighted by Gasteiger charge is -2.25. The Balaban J connectivity index is 2.12. The largest absolute Gasteiger partial charge is 0.480 e. The highest BCUT2D eigenvalue weighted by atomic mass is 16.4. The maximum absolute atomic E-state index is 13.2. The average Bonchev–Trinajstić information content (AvgIpc) is 3.31. The Morgan fingerprint density at radius 3 is 2.14 bits per heavy atom. The average molecular weight is 487 g/mol. The zero-order chi connectivity index (χ0) is 26.0. The van der Waals surface area contributed by atoms with Crippen LogP contribution in [-0.2, 0) is 32.0 Å². The molecule has 7 N–H and O–H groups in total. The van der Waals surface area contributed by atoms with Gasteiger partial charge < -0.3 is 31.8 Å². The number of aromatic nitrogens is 2. The van der Waals surface area contributed by atoms with Gasteiger partial charge in [-0.25, -0.2) is 4.98 Å². The summed E-state index contributed by atoms with van der Waals surface area (Å²) in [7, 11) is 0. The van der Waals surface area contributed by atoms with Crippen LogP contribution in [0, 0.1) is 5.92 Å². The molecule has 0 aliphatic carbocycles.